The van der Waals surface area contributed by atoms with Crippen molar-refractivity contribution in [3.05, 3.63) is 41.0 Å². The molecule has 1 saturated carbocycles. The van der Waals surface area contributed by atoms with Crippen LogP contribution in [0.2, 0.25) is 0 Å². The summed E-state index contributed by atoms with van der Waals surface area (Å²) in [6, 6.07) is 6.68. The molecule has 1 aromatic carbocycles. The van der Waals surface area contributed by atoms with Gasteiger partial charge in [-0.25, -0.2) is 4.39 Å². The third-order valence-corrected chi connectivity index (χ3v) is 5.57. The Morgan fingerprint density at radius 3 is 2.92 bits per heavy atom. The van der Waals surface area contributed by atoms with Crippen LogP contribution in [-0.4, -0.2) is 24.3 Å². The molecule has 0 spiro atoms. The minimum Gasteiger partial charge on any atom is -0.487 e. The van der Waals surface area contributed by atoms with Crippen LogP contribution in [0.1, 0.15) is 31.2 Å². The molecule has 0 saturated heterocycles. The molecule has 1 aromatic heterocycles. The molecule has 4 nitrogen and oxygen atoms in total. The van der Waals surface area contributed by atoms with Crippen LogP contribution in [0.15, 0.2) is 29.6 Å². The number of benzene rings is 1. The predicted octanol–water partition coefficient (Wildman–Crippen LogP) is 4.16. The third kappa shape index (κ3) is 4.02. The molecule has 0 radical (unpaired) electrons. The molecule has 2 atom stereocenters. The number of carbonyl (C=O) groups excluding carboxylic acids is 1. The Balaban J connectivity index is 1.72. The van der Waals surface area contributed by atoms with Gasteiger partial charge in [0.1, 0.15) is 0 Å². The molecule has 6 heteroatoms. The second-order valence-electron chi connectivity index (χ2n) is 6.20. The van der Waals surface area contributed by atoms with Crippen LogP contribution in [0.3, 0.4) is 0 Å². The van der Waals surface area contributed by atoms with E-state index in [1.807, 2.05) is 11.4 Å². The number of esters is 1. The molecular formula is C19H21FO4S. The SMILES string of the molecule is COC(=O)[C@H]1CCC[C@H](Oc2ccc(-c3sccc3CO)cc2F)C1. The minimum atomic E-state index is -0.435. The third-order valence-electron chi connectivity index (χ3n) is 4.57. The van der Waals surface area contributed by atoms with Crippen LogP contribution in [0, 0.1) is 11.7 Å². The van der Waals surface area contributed by atoms with Gasteiger partial charge in [0.2, 0.25) is 0 Å². The Morgan fingerprint density at radius 1 is 1.36 bits per heavy atom. The average Bonchev–Trinajstić information content (AvgIpc) is 3.11. The number of halogens is 1. The van der Waals surface area contributed by atoms with Gasteiger partial charge in [0.05, 0.1) is 25.7 Å². The first-order chi connectivity index (χ1) is 12.1. The number of carbonyl (C=O) groups is 1. The zero-order chi connectivity index (χ0) is 17.8. The second-order valence-corrected chi connectivity index (χ2v) is 7.12. The highest BCUT2D eigenvalue weighted by atomic mass is 32.1. The van der Waals surface area contributed by atoms with E-state index in [1.54, 1.807) is 12.1 Å². The normalized spacial score (nSPS) is 20.3. The summed E-state index contributed by atoms with van der Waals surface area (Å²) in [5.74, 6) is -0.640. The van der Waals surface area contributed by atoms with Crippen molar-refractivity contribution in [1.29, 1.82) is 0 Å². The lowest BCUT2D eigenvalue weighted by Crippen LogP contribution is -2.30. The summed E-state index contributed by atoms with van der Waals surface area (Å²) in [6.45, 7) is -0.0737. The summed E-state index contributed by atoms with van der Waals surface area (Å²) in [6.07, 6.45) is 2.81. The van der Waals surface area contributed by atoms with Gasteiger partial charge >= 0.3 is 5.97 Å². The fourth-order valence-electron chi connectivity index (χ4n) is 3.26. The van der Waals surface area contributed by atoms with E-state index in [1.165, 1.54) is 24.5 Å². The first-order valence-corrected chi connectivity index (χ1v) is 9.22. The van der Waals surface area contributed by atoms with Crippen molar-refractivity contribution < 1.29 is 23.8 Å². The Hall–Kier alpha value is -1.92. The summed E-state index contributed by atoms with van der Waals surface area (Å²) < 4.78 is 25.1. The van der Waals surface area contributed by atoms with Crippen LogP contribution in [0.5, 0.6) is 5.75 Å². The average molecular weight is 364 g/mol. The van der Waals surface area contributed by atoms with E-state index in [0.717, 1.165) is 35.3 Å². The van der Waals surface area contributed by atoms with Gasteiger partial charge in [0.25, 0.3) is 0 Å². The van der Waals surface area contributed by atoms with Crippen molar-refractivity contribution in [2.24, 2.45) is 5.92 Å². The fraction of sp³-hybridized carbons (Fsp3) is 0.421. The Labute approximate surface area is 150 Å². The molecule has 0 bridgehead atoms. The largest absolute Gasteiger partial charge is 0.487 e. The molecule has 25 heavy (non-hydrogen) atoms. The van der Waals surface area contributed by atoms with Crippen molar-refractivity contribution in [3.8, 4) is 16.2 Å². The van der Waals surface area contributed by atoms with E-state index in [4.69, 9.17) is 9.47 Å². The van der Waals surface area contributed by atoms with Crippen LogP contribution in [-0.2, 0) is 16.1 Å². The zero-order valence-corrected chi connectivity index (χ0v) is 14.9. The molecule has 134 valence electrons. The Kier molecular flexibility index (Phi) is 5.71. The summed E-state index contributed by atoms with van der Waals surface area (Å²) in [7, 11) is 1.39. The van der Waals surface area contributed by atoms with E-state index in [2.05, 4.69) is 0 Å². The molecule has 3 rings (SSSR count). The van der Waals surface area contributed by atoms with Crippen molar-refractivity contribution in [2.45, 2.75) is 38.4 Å². The number of aliphatic hydroxyl groups excluding tert-OH is 1. The van der Waals surface area contributed by atoms with Crippen molar-refractivity contribution in [1.82, 2.24) is 0 Å². The lowest BCUT2D eigenvalue weighted by atomic mass is 9.87. The van der Waals surface area contributed by atoms with Crippen LogP contribution in [0.25, 0.3) is 10.4 Å². The van der Waals surface area contributed by atoms with Gasteiger partial charge < -0.3 is 14.6 Å². The first kappa shape index (κ1) is 17.9. The second kappa shape index (κ2) is 7.97. The lowest BCUT2D eigenvalue weighted by molar-refractivity contribution is -0.147. The zero-order valence-electron chi connectivity index (χ0n) is 14.0. The number of hydrogen-bond donors (Lipinski definition) is 1. The van der Waals surface area contributed by atoms with Gasteiger partial charge in [-0.2, -0.15) is 0 Å². The maximum Gasteiger partial charge on any atom is 0.308 e. The van der Waals surface area contributed by atoms with Gasteiger partial charge in [-0.15, -0.1) is 11.3 Å². The summed E-state index contributed by atoms with van der Waals surface area (Å²) >= 11 is 1.46. The lowest BCUT2D eigenvalue weighted by Gasteiger charge is -2.28. The quantitative estimate of drug-likeness (QED) is 0.810. The van der Waals surface area contributed by atoms with Gasteiger partial charge in [0.15, 0.2) is 11.6 Å². The molecule has 2 aromatic rings. The standard InChI is InChI=1S/C19H21FO4S/c1-23-19(22)13-3-2-4-15(9-13)24-17-6-5-12(10-16(17)20)18-14(11-21)7-8-25-18/h5-8,10,13,15,21H,2-4,9,11H2,1H3/t13-,15-/m0/s1. The molecular weight excluding hydrogens is 343 g/mol. The van der Waals surface area contributed by atoms with Crippen molar-refractivity contribution in [2.75, 3.05) is 7.11 Å². The summed E-state index contributed by atoms with van der Waals surface area (Å²) in [5.41, 5.74) is 1.51. The number of ether oxygens (including phenoxy) is 2. The van der Waals surface area contributed by atoms with E-state index in [0.29, 0.717) is 6.42 Å². The van der Waals surface area contributed by atoms with E-state index in [9.17, 15) is 14.3 Å². The van der Waals surface area contributed by atoms with E-state index >= 15 is 0 Å². The first-order valence-electron chi connectivity index (χ1n) is 8.34. The Morgan fingerprint density at radius 2 is 2.20 bits per heavy atom. The van der Waals surface area contributed by atoms with E-state index in [-0.39, 0.29) is 30.3 Å². The summed E-state index contributed by atoms with van der Waals surface area (Å²) in [4.78, 5) is 12.6. The van der Waals surface area contributed by atoms with Gasteiger partial charge in [-0.3, -0.25) is 4.79 Å². The van der Waals surface area contributed by atoms with Crippen molar-refractivity contribution in [3.63, 3.8) is 0 Å². The highest BCUT2D eigenvalue weighted by molar-refractivity contribution is 7.13. The maximum absolute atomic E-state index is 14.5. The van der Waals surface area contributed by atoms with E-state index < -0.39 is 5.82 Å². The molecule has 1 fully saturated rings. The number of methoxy groups -OCH3 is 1. The number of hydrogen-bond acceptors (Lipinski definition) is 5. The van der Waals surface area contributed by atoms with Crippen LogP contribution in [0.4, 0.5) is 4.39 Å². The maximum atomic E-state index is 14.5. The number of thiophene rings is 1. The fourth-order valence-corrected chi connectivity index (χ4v) is 4.18. The monoisotopic (exact) mass is 364 g/mol. The number of rotatable bonds is 5. The summed E-state index contributed by atoms with van der Waals surface area (Å²) in [5, 5.41) is 11.2. The Bertz CT molecular complexity index is 743. The van der Waals surface area contributed by atoms with Gasteiger partial charge in [-0.1, -0.05) is 0 Å². The molecule has 1 aliphatic rings. The molecule has 0 amide bonds. The number of aliphatic hydroxyl groups is 1. The molecule has 1 N–H and O–H groups in total. The smallest absolute Gasteiger partial charge is 0.308 e. The van der Waals surface area contributed by atoms with Gasteiger partial charge in [0, 0.05) is 4.88 Å². The van der Waals surface area contributed by atoms with Crippen LogP contribution >= 0.6 is 11.3 Å². The molecule has 1 aliphatic carbocycles. The molecule has 0 aliphatic heterocycles. The van der Waals surface area contributed by atoms with Gasteiger partial charge in [-0.05, 0) is 66.5 Å². The predicted molar refractivity (Wildman–Crippen MR) is 94.0 cm³/mol. The molecule has 0 unspecified atom stereocenters. The highest BCUT2D eigenvalue weighted by Crippen LogP contribution is 2.34. The highest BCUT2D eigenvalue weighted by Gasteiger charge is 2.29. The van der Waals surface area contributed by atoms with Crippen molar-refractivity contribution >= 4 is 17.3 Å². The minimum absolute atomic E-state index is 0.0737. The molecule has 1 heterocycles. The van der Waals surface area contributed by atoms with Crippen LogP contribution < -0.4 is 4.74 Å². The topological polar surface area (TPSA) is 55.8 Å².